The van der Waals surface area contributed by atoms with E-state index in [0.29, 0.717) is 48.8 Å². The van der Waals surface area contributed by atoms with Gasteiger partial charge in [-0.15, -0.1) is 0 Å². The number of fused-ring (bicyclic) bond motifs is 2. The van der Waals surface area contributed by atoms with Gasteiger partial charge >= 0.3 is 0 Å². The second-order valence-electron chi connectivity index (χ2n) is 11.4. The first-order chi connectivity index (χ1) is 20.3. The van der Waals surface area contributed by atoms with Crippen molar-refractivity contribution in [3.05, 3.63) is 70.0 Å². The molecular formula is C32H37N5O5. The highest BCUT2D eigenvalue weighted by Crippen LogP contribution is 2.36. The molecule has 3 aromatic rings. The molecule has 3 amide bonds. The second-order valence-corrected chi connectivity index (χ2v) is 11.4. The number of nitrogens with zero attached hydrogens (tertiary/aromatic N) is 5. The molecule has 4 heterocycles. The number of piperidine rings is 1. The van der Waals surface area contributed by atoms with E-state index < -0.39 is 0 Å². The number of carbonyl (C=O) groups excluding carboxylic acids is 3. The molecule has 42 heavy (non-hydrogen) atoms. The molecule has 0 unspecified atom stereocenters. The number of ether oxygens (including phenoxy) is 2. The van der Waals surface area contributed by atoms with E-state index in [-0.39, 0.29) is 30.2 Å². The van der Waals surface area contributed by atoms with Crippen LogP contribution in [-0.2, 0) is 24.3 Å². The number of imide groups is 1. The molecule has 10 nitrogen and oxygen atoms in total. The third-order valence-electron chi connectivity index (χ3n) is 8.76. The molecule has 2 aromatic carbocycles. The van der Waals surface area contributed by atoms with Crippen LogP contribution in [0.4, 0.5) is 5.69 Å². The van der Waals surface area contributed by atoms with E-state index in [4.69, 9.17) is 9.47 Å². The highest BCUT2D eigenvalue weighted by atomic mass is 16.5. The van der Waals surface area contributed by atoms with Crippen LogP contribution in [0, 0.1) is 19.8 Å². The molecule has 3 aliphatic heterocycles. The van der Waals surface area contributed by atoms with Gasteiger partial charge in [-0.2, -0.15) is 5.10 Å². The van der Waals surface area contributed by atoms with Crippen molar-refractivity contribution in [2.24, 2.45) is 5.92 Å². The molecule has 10 heteroatoms. The molecular weight excluding hydrogens is 534 g/mol. The summed E-state index contributed by atoms with van der Waals surface area (Å²) in [5.41, 5.74) is 5.74. The summed E-state index contributed by atoms with van der Waals surface area (Å²) >= 11 is 0. The predicted molar refractivity (Wildman–Crippen MR) is 157 cm³/mol. The Bertz CT molecular complexity index is 1560. The molecule has 1 aromatic heterocycles. The number of benzene rings is 2. The van der Waals surface area contributed by atoms with Gasteiger partial charge in [0.1, 0.15) is 0 Å². The number of hydrogen-bond donors (Lipinski definition) is 0. The zero-order chi connectivity index (χ0) is 29.5. The topological polar surface area (TPSA) is 97.2 Å². The predicted octanol–water partition coefficient (Wildman–Crippen LogP) is 3.61. The molecule has 0 aliphatic carbocycles. The molecule has 0 bridgehead atoms. The van der Waals surface area contributed by atoms with Gasteiger partial charge in [-0.25, -0.2) is 0 Å². The highest BCUT2D eigenvalue weighted by Gasteiger charge is 2.40. The summed E-state index contributed by atoms with van der Waals surface area (Å²) in [6.07, 6.45) is 2.38. The first-order valence-electron chi connectivity index (χ1n) is 14.6. The van der Waals surface area contributed by atoms with Crippen LogP contribution in [0.1, 0.15) is 56.1 Å². The molecule has 0 spiro atoms. The van der Waals surface area contributed by atoms with Gasteiger partial charge in [0.25, 0.3) is 11.8 Å². The molecule has 1 saturated heterocycles. The van der Waals surface area contributed by atoms with E-state index in [1.807, 2.05) is 53.8 Å². The zero-order valence-corrected chi connectivity index (χ0v) is 24.7. The molecule has 0 radical (unpaired) electrons. The van der Waals surface area contributed by atoms with E-state index in [1.165, 1.54) is 10.5 Å². The first kappa shape index (κ1) is 27.8. The summed E-state index contributed by atoms with van der Waals surface area (Å²) in [7, 11) is 3.25. The maximum atomic E-state index is 13.8. The Labute approximate surface area is 245 Å². The van der Waals surface area contributed by atoms with Crippen LogP contribution in [0.2, 0.25) is 0 Å². The molecule has 1 fully saturated rings. The number of aromatic nitrogens is 2. The monoisotopic (exact) mass is 571 g/mol. The van der Waals surface area contributed by atoms with Crippen molar-refractivity contribution < 1.29 is 23.9 Å². The van der Waals surface area contributed by atoms with Gasteiger partial charge in [0, 0.05) is 38.4 Å². The fraction of sp³-hybridized carbons (Fsp3) is 0.438. The van der Waals surface area contributed by atoms with Gasteiger partial charge in [-0.05, 0) is 74.6 Å². The maximum absolute atomic E-state index is 13.8. The minimum atomic E-state index is -0.280. The van der Waals surface area contributed by atoms with Crippen molar-refractivity contribution in [2.75, 3.05) is 45.3 Å². The number of carbonyl (C=O) groups is 3. The fourth-order valence-corrected chi connectivity index (χ4v) is 6.61. The van der Waals surface area contributed by atoms with Gasteiger partial charge < -0.3 is 19.3 Å². The van der Waals surface area contributed by atoms with Gasteiger partial charge in [0.05, 0.1) is 49.2 Å². The first-order valence-corrected chi connectivity index (χ1v) is 14.6. The molecule has 3 aliphatic rings. The smallest absolute Gasteiger partial charge is 0.263 e. The fourth-order valence-electron chi connectivity index (χ4n) is 6.61. The molecule has 0 N–H and O–H groups in total. The number of rotatable bonds is 7. The van der Waals surface area contributed by atoms with E-state index >= 15 is 0 Å². The van der Waals surface area contributed by atoms with Crippen LogP contribution in [-0.4, -0.2) is 77.7 Å². The summed E-state index contributed by atoms with van der Waals surface area (Å²) in [6.45, 7) is 7.00. The second kappa shape index (κ2) is 11.2. The highest BCUT2D eigenvalue weighted by molar-refractivity contribution is 6.23. The summed E-state index contributed by atoms with van der Waals surface area (Å²) in [4.78, 5) is 46.1. The Hall–Kier alpha value is -4.34. The van der Waals surface area contributed by atoms with Crippen molar-refractivity contribution in [1.82, 2.24) is 19.6 Å². The van der Waals surface area contributed by atoms with E-state index in [9.17, 15) is 14.4 Å². The Kier molecular flexibility index (Phi) is 7.38. The number of hydrogen-bond acceptors (Lipinski definition) is 7. The Morgan fingerprint density at radius 2 is 1.74 bits per heavy atom. The van der Waals surface area contributed by atoms with Crippen LogP contribution in [0.5, 0.6) is 11.5 Å². The van der Waals surface area contributed by atoms with Gasteiger partial charge in [0.2, 0.25) is 5.91 Å². The van der Waals surface area contributed by atoms with Crippen molar-refractivity contribution in [3.8, 4) is 11.5 Å². The molecule has 220 valence electrons. The lowest BCUT2D eigenvalue weighted by Crippen LogP contribution is -2.46. The van der Waals surface area contributed by atoms with E-state index in [0.717, 1.165) is 48.4 Å². The lowest BCUT2D eigenvalue weighted by atomic mass is 9.92. The van der Waals surface area contributed by atoms with E-state index in [2.05, 4.69) is 10.00 Å². The normalized spacial score (nSPS) is 18.3. The summed E-state index contributed by atoms with van der Waals surface area (Å²) in [5, 5.41) is 4.46. The van der Waals surface area contributed by atoms with Crippen molar-refractivity contribution >= 4 is 23.4 Å². The summed E-state index contributed by atoms with van der Waals surface area (Å²) in [5.74, 6) is 0.745. The van der Waals surface area contributed by atoms with Gasteiger partial charge in [-0.3, -0.25) is 24.0 Å². The number of amides is 3. The molecule has 1 atom stereocenters. The van der Waals surface area contributed by atoms with Crippen LogP contribution in [0.3, 0.4) is 0 Å². The maximum Gasteiger partial charge on any atom is 0.263 e. The summed E-state index contributed by atoms with van der Waals surface area (Å²) < 4.78 is 12.8. The minimum Gasteiger partial charge on any atom is -0.493 e. The Morgan fingerprint density at radius 3 is 2.45 bits per heavy atom. The Morgan fingerprint density at radius 1 is 0.976 bits per heavy atom. The quantitative estimate of drug-likeness (QED) is 0.400. The average Bonchev–Trinajstić information content (AvgIpc) is 3.47. The van der Waals surface area contributed by atoms with Crippen LogP contribution in [0.25, 0.3) is 0 Å². The average molecular weight is 572 g/mol. The third kappa shape index (κ3) is 4.88. The lowest BCUT2D eigenvalue weighted by molar-refractivity contribution is -0.136. The van der Waals surface area contributed by atoms with Crippen LogP contribution in [0.15, 0.2) is 36.4 Å². The molecule has 6 rings (SSSR count). The van der Waals surface area contributed by atoms with Crippen molar-refractivity contribution in [1.29, 1.82) is 0 Å². The number of methoxy groups -OCH3 is 2. The standard InChI is InChI=1S/C32H37N5O5/c1-20-15-21(2)37(33-20)14-13-36-31(39)25-8-5-9-26(29(25)32(36)40)34-11-6-7-23(18-34)30(38)35-12-10-22-16-27(41-3)28(42-4)17-24(22)19-35/h5,8-9,15-17,23H,6-7,10-14,18-19H2,1-4H3/t23-/m1/s1. The van der Waals surface area contributed by atoms with Crippen molar-refractivity contribution in [3.63, 3.8) is 0 Å². The van der Waals surface area contributed by atoms with Crippen LogP contribution < -0.4 is 14.4 Å². The number of aryl methyl sites for hydroxylation is 2. The largest absolute Gasteiger partial charge is 0.493 e. The SMILES string of the molecule is COc1cc2c(cc1OC)CN(C(=O)[C@@H]1CCCN(c3cccc4c3C(=O)N(CCn3nc(C)cc3C)C4=O)C1)CC2. The molecule has 0 saturated carbocycles. The van der Waals surface area contributed by atoms with Gasteiger partial charge in [0.15, 0.2) is 11.5 Å². The minimum absolute atomic E-state index is 0.127. The van der Waals surface area contributed by atoms with Crippen molar-refractivity contribution in [2.45, 2.75) is 46.2 Å². The van der Waals surface area contributed by atoms with Gasteiger partial charge in [-0.1, -0.05) is 6.07 Å². The third-order valence-corrected chi connectivity index (χ3v) is 8.76. The number of anilines is 1. The zero-order valence-electron chi connectivity index (χ0n) is 24.7. The lowest BCUT2D eigenvalue weighted by Gasteiger charge is -2.38. The summed E-state index contributed by atoms with van der Waals surface area (Å²) in [6, 6.07) is 11.4. The van der Waals surface area contributed by atoms with E-state index in [1.54, 1.807) is 20.3 Å². The Balaban J connectivity index is 1.17. The van der Waals surface area contributed by atoms with Crippen LogP contribution >= 0.6 is 0 Å².